The van der Waals surface area contributed by atoms with Gasteiger partial charge in [-0.1, -0.05) is 67.6 Å². The predicted molar refractivity (Wildman–Crippen MR) is 90.1 cm³/mol. The lowest BCUT2D eigenvalue weighted by Gasteiger charge is -2.38. The summed E-state index contributed by atoms with van der Waals surface area (Å²) >= 11 is 0. The highest BCUT2D eigenvalue weighted by Crippen LogP contribution is 2.33. The van der Waals surface area contributed by atoms with Crippen LogP contribution >= 0.6 is 0 Å². The van der Waals surface area contributed by atoms with E-state index in [2.05, 4.69) is 80.3 Å². The third-order valence-corrected chi connectivity index (χ3v) is 4.05. The third kappa shape index (κ3) is 3.72. The highest BCUT2D eigenvalue weighted by atomic mass is 15.2. The van der Waals surface area contributed by atoms with Gasteiger partial charge in [0.25, 0.3) is 0 Å². The van der Waals surface area contributed by atoms with Gasteiger partial charge < -0.3 is 5.73 Å². The molecule has 0 spiro atoms. The summed E-state index contributed by atoms with van der Waals surface area (Å²) in [6.45, 7) is 7.65. The summed E-state index contributed by atoms with van der Waals surface area (Å²) in [4.78, 5) is 2.47. The largest absolute Gasteiger partial charge is 0.322 e. The van der Waals surface area contributed by atoms with Crippen LogP contribution in [0.2, 0.25) is 0 Å². The minimum absolute atomic E-state index is 0.0315. The molecule has 0 radical (unpaired) electrons. The fraction of sp³-hybridized carbons (Fsp3) is 0.368. The Morgan fingerprint density at radius 2 is 1.33 bits per heavy atom. The second kappa shape index (κ2) is 7.39. The molecule has 2 aromatic carbocycles. The summed E-state index contributed by atoms with van der Waals surface area (Å²) in [5.74, 6) is 0. The van der Waals surface area contributed by atoms with Crippen LogP contribution < -0.4 is 5.73 Å². The summed E-state index contributed by atoms with van der Waals surface area (Å²) in [6, 6.07) is 21.6. The molecule has 0 saturated heterocycles. The fourth-order valence-corrected chi connectivity index (χ4v) is 3.00. The van der Waals surface area contributed by atoms with Crippen molar-refractivity contribution in [3.63, 3.8) is 0 Å². The number of nitrogens with zero attached hydrogens (tertiary/aromatic N) is 1. The number of likely N-dealkylation sites (N-methyl/N-ethyl adjacent to an activating group) is 1. The number of hydrogen-bond acceptors (Lipinski definition) is 2. The molecule has 0 aliphatic heterocycles. The van der Waals surface area contributed by atoms with E-state index < -0.39 is 0 Å². The maximum atomic E-state index is 6.64. The van der Waals surface area contributed by atoms with Crippen LogP contribution in [0.15, 0.2) is 60.7 Å². The molecule has 0 aliphatic rings. The molecule has 0 aliphatic carbocycles. The first kappa shape index (κ1) is 15.7. The van der Waals surface area contributed by atoms with Crippen LogP contribution in [-0.4, -0.2) is 17.5 Å². The van der Waals surface area contributed by atoms with Gasteiger partial charge in [-0.25, -0.2) is 0 Å². The molecular formula is C19H26N2. The Balaban J connectivity index is 2.41. The first-order valence-corrected chi connectivity index (χ1v) is 7.76. The molecule has 2 heteroatoms. The van der Waals surface area contributed by atoms with E-state index in [1.165, 1.54) is 11.1 Å². The van der Waals surface area contributed by atoms with Crippen molar-refractivity contribution in [3.05, 3.63) is 71.8 Å². The summed E-state index contributed by atoms with van der Waals surface area (Å²) in [5, 5.41) is 0. The molecule has 0 saturated carbocycles. The Morgan fingerprint density at radius 1 is 0.857 bits per heavy atom. The van der Waals surface area contributed by atoms with Gasteiger partial charge in [-0.2, -0.15) is 0 Å². The summed E-state index contributed by atoms with van der Waals surface area (Å²) < 4.78 is 0. The van der Waals surface area contributed by atoms with Gasteiger partial charge >= 0.3 is 0 Å². The van der Waals surface area contributed by atoms with E-state index in [9.17, 15) is 0 Å². The highest BCUT2D eigenvalue weighted by Gasteiger charge is 2.28. The molecule has 0 heterocycles. The van der Waals surface area contributed by atoms with E-state index in [0.29, 0.717) is 6.04 Å². The van der Waals surface area contributed by atoms with E-state index in [-0.39, 0.29) is 12.1 Å². The van der Waals surface area contributed by atoms with Gasteiger partial charge in [-0.05, 0) is 31.5 Å². The second-order valence-corrected chi connectivity index (χ2v) is 5.72. The number of nitrogens with two attached hydrogens (primary N) is 1. The van der Waals surface area contributed by atoms with Gasteiger partial charge in [0.15, 0.2) is 0 Å². The number of hydrogen-bond donors (Lipinski definition) is 1. The van der Waals surface area contributed by atoms with E-state index in [1.807, 2.05) is 6.07 Å². The Labute approximate surface area is 128 Å². The van der Waals surface area contributed by atoms with Crippen molar-refractivity contribution in [1.29, 1.82) is 0 Å². The molecule has 0 bridgehead atoms. The average molecular weight is 282 g/mol. The lowest BCUT2D eigenvalue weighted by molar-refractivity contribution is 0.140. The zero-order chi connectivity index (χ0) is 15.2. The minimum atomic E-state index is -0.0315. The molecule has 2 rings (SSSR count). The van der Waals surface area contributed by atoms with Crippen LogP contribution in [-0.2, 0) is 0 Å². The topological polar surface area (TPSA) is 29.3 Å². The fourth-order valence-electron chi connectivity index (χ4n) is 3.00. The zero-order valence-corrected chi connectivity index (χ0v) is 13.2. The van der Waals surface area contributed by atoms with Crippen LogP contribution in [0.5, 0.6) is 0 Å². The standard InChI is InChI=1S/C19H26N2/c1-4-21(15(2)3)19(17-13-9-6-10-14-17)18(20)16-11-7-5-8-12-16/h5-15,18-19H,4,20H2,1-3H3. The Kier molecular flexibility index (Phi) is 5.54. The normalized spacial score (nSPS) is 14.4. The Hall–Kier alpha value is -1.64. The van der Waals surface area contributed by atoms with Crippen molar-refractivity contribution in [1.82, 2.24) is 4.90 Å². The molecule has 112 valence electrons. The van der Waals surface area contributed by atoms with E-state index >= 15 is 0 Å². The molecule has 2 atom stereocenters. The van der Waals surface area contributed by atoms with Crippen LogP contribution in [0.1, 0.15) is 44.0 Å². The Morgan fingerprint density at radius 3 is 1.76 bits per heavy atom. The Bertz CT molecular complexity index is 522. The molecule has 2 unspecified atom stereocenters. The van der Waals surface area contributed by atoms with Crippen molar-refractivity contribution in [2.45, 2.75) is 38.9 Å². The average Bonchev–Trinajstić information content (AvgIpc) is 2.53. The maximum Gasteiger partial charge on any atom is 0.0543 e. The summed E-state index contributed by atoms with van der Waals surface area (Å²) in [7, 11) is 0. The first-order chi connectivity index (χ1) is 10.1. The summed E-state index contributed by atoms with van der Waals surface area (Å²) in [6.07, 6.45) is 0. The lowest BCUT2D eigenvalue weighted by Crippen LogP contribution is -2.40. The van der Waals surface area contributed by atoms with Gasteiger partial charge in [0, 0.05) is 12.1 Å². The zero-order valence-electron chi connectivity index (χ0n) is 13.2. The van der Waals surface area contributed by atoms with Crippen molar-refractivity contribution < 1.29 is 0 Å². The molecule has 2 nitrogen and oxygen atoms in total. The van der Waals surface area contributed by atoms with Crippen molar-refractivity contribution >= 4 is 0 Å². The predicted octanol–water partition coefficient (Wildman–Crippen LogP) is 4.16. The lowest BCUT2D eigenvalue weighted by atomic mass is 9.92. The molecule has 0 aromatic heterocycles. The van der Waals surface area contributed by atoms with Gasteiger partial charge in [0.1, 0.15) is 0 Å². The quantitative estimate of drug-likeness (QED) is 0.862. The van der Waals surface area contributed by atoms with Gasteiger partial charge in [-0.3, -0.25) is 4.90 Å². The maximum absolute atomic E-state index is 6.64. The molecule has 2 N–H and O–H groups in total. The molecule has 21 heavy (non-hydrogen) atoms. The van der Waals surface area contributed by atoms with E-state index in [1.54, 1.807) is 0 Å². The number of benzene rings is 2. The summed E-state index contributed by atoms with van der Waals surface area (Å²) in [5.41, 5.74) is 9.11. The molecule has 0 fully saturated rings. The number of rotatable bonds is 6. The van der Waals surface area contributed by atoms with Crippen molar-refractivity contribution in [3.8, 4) is 0 Å². The monoisotopic (exact) mass is 282 g/mol. The highest BCUT2D eigenvalue weighted by molar-refractivity contribution is 5.27. The molecule has 0 amide bonds. The van der Waals surface area contributed by atoms with E-state index in [0.717, 1.165) is 6.54 Å². The SMILES string of the molecule is CCN(C(C)C)C(c1ccccc1)C(N)c1ccccc1. The van der Waals surface area contributed by atoms with Crippen molar-refractivity contribution in [2.75, 3.05) is 6.54 Å². The first-order valence-electron chi connectivity index (χ1n) is 7.76. The van der Waals surface area contributed by atoms with Crippen LogP contribution in [0, 0.1) is 0 Å². The van der Waals surface area contributed by atoms with Crippen molar-refractivity contribution in [2.24, 2.45) is 5.73 Å². The second-order valence-electron chi connectivity index (χ2n) is 5.72. The van der Waals surface area contributed by atoms with Gasteiger partial charge in [0.05, 0.1) is 6.04 Å². The van der Waals surface area contributed by atoms with Gasteiger partial charge in [0.2, 0.25) is 0 Å². The van der Waals surface area contributed by atoms with E-state index in [4.69, 9.17) is 5.73 Å². The van der Waals surface area contributed by atoms with Gasteiger partial charge in [-0.15, -0.1) is 0 Å². The minimum Gasteiger partial charge on any atom is -0.322 e. The molecule has 2 aromatic rings. The van der Waals surface area contributed by atoms with Crippen LogP contribution in [0.4, 0.5) is 0 Å². The third-order valence-electron chi connectivity index (χ3n) is 4.05. The van der Waals surface area contributed by atoms with Crippen LogP contribution in [0.25, 0.3) is 0 Å². The molecular weight excluding hydrogens is 256 g/mol. The smallest absolute Gasteiger partial charge is 0.0543 e. The van der Waals surface area contributed by atoms with Crippen LogP contribution in [0.3, 0.4) is 0 Å².